The highest BCUT2D eigenvalue weighted by Gasteiger charge is 2.68. The van der Waals surface area contributed by atoms with Crippen LogP contribution in [0.4, 0.5) is 10.5 Å². The number of H-pyrrole nitrogens is 1. The Morgan fingerprint density at radius 1 is 1.12 bits per heavy atom. The van der Waals surface area contributed by atoms with Gasteiger partial charge in [-0.2, -0.15) is 0 Å². The second-order valence-electron chi connectivity index (χ2n) is 15.2. The van der Waals surface area contributed by atoms with E-state index in [9.17, 15) is 14.4 Å². The number of carbonyl (C=O) groups is 3. The summed E-state index contributed by atoms with van der Waals surface area (Å²) in [6.07, 6.45) is 4.30. The van der Waals surface area contributed by atoms with Crippen molar-refractivity contribution in [2.24, 2.45) is 17.8 Å². The van der Waals surface area contributed by atoms with Crippen molar-refractivity contribution in [3.63, 3.8) is 0 Å². The number of esters is 1. The number of carbonyl (C=O) groups excluding carboxylic acids is 3. The van der Waals surface area contributed by atoms with E-state index in [-0.39, 0.29) is 52.5 Å². The quantitative estimate of drug-likeness (QED) is 0.133. The monoisotopic (exact) mass is 700 g/mol. The number of nitrogens with zero attached hydrogens (tertiary/aromatic N) is 4. The molecule has 1 spiro atoms. The van der Waals surface area contributed by atoms with Gasteiger partial charge >= 0.3 is 12.1 Å². The van der Waals surface area contributed by atoms with Gasteiger partial charge in [0, 0.05) is 19.0 Å². The Balaban J connectivity index is 1.38. The number of hydrogen-bond acceptors (Lipinski definition) is 7. The molecule has 3 fully saturated rings. The third kappa shape index (κ3) is 6.12. The first kappa shape index (κ1) is 36.3. The van der Waals surface area contributed by atoms with Crippen molar-refractivity contribution in [1.29, 1.82) is 0 Å². The highest BCUT2D eigenvalue weighted by Crippen LogP contribution is 2.52. The predicted octanol–water partition coefficient (Wildman–Crippen LogP) is 7.65. The molecule has 274 valence electrons. The lowest BCUT2D eigenvalue weighted by atomic mass is 9.59. The Morgan fingerprint density at radius 2 is 1.82 bits per heavy atom. The number of benzene rings is 1. The minimum Gasteiger partial charge on any atom is -0.475 e. The standard InChI is InChI=1S/C39H52N6O6/c1-10-39(51-28-16-15-22(4)18-24(28)6)36(47)42-38(39)17-13-14-27(21-38)32-41-33-29(35(46)49-31-25(7)19-23(5)20-26(31)8)30(40-9)34(45(33)43-32)50-37(48)44(11-2)12-3/h15-16,18,23,25-27,31H,10-14,17,19-21H2,1-8H3,(H,41,43)(H,42,47). The van der Waals surface area contributed by atoms with Crippen LogP contribution >= 0.6 is 0 Å². The molecule has 1 aromatic carbocycles. The van der Waals surface area contributed by atoms with Gasteiger partial charge in [0.25, 0.3) is 11.6 Å². The van der Waals surface area contributed by atoms with Crippen LogP contribution in [0.2, 0.25) is 0 Å². The molecule has 0 radical (unpaired) electrons. The van der Waals surface area contributed by atoms with Crippen LogP contribution in [0.1, 0.15) is 120 Å². The Kier molecular flexibility index (Phi) is 9.87. The number of ether oxygens (including phenoxy) is 3. The molecule has 12 nitrogen and oxygen atoms in total. The zero-order valence-corrected chi connectivity index (χ0v) is 31.2. The number of aromatic nitrogens is 3. The molecule has 5 atom stereocenters. The normalized spacial score (nSPS) is 28.8. The Labute approximate surface area is 300 Å². The van der Waals surface area contributed by atoms with Gasteiger partial charge < -0.3 is 24.4 Å². The Morgan fingerprint density at radius 3 is 2.43 bits per heavy atom. The van der Waals surface area contributed by atoms with Crippen molar-refractivity contribution in [2.45, 2.75) is 123 Å². The number of aromatic amines is 1. The van der Waals surface area contributed by atoms with Gasteiger partial charge in [0.2, 0.25) is 11.5 Å². The number of fused-ring (bicyclic) bond motifs is 1. The molecule has 2 amide bonds. The summed E-state index contributed by atoms with van der Waals surface area (Å²) in [7, 11) is 0. The summed E-state index contributed by atoms with van der Waals surface area (Å²) < 4.78 is 20.2. The fourth-order valence-electron chi connectivity index (χ4n) is 9.18. The van der Waals surface area contributed by atoms with Gasteiger partial charge in [0.1, 0.15) is 23.2 Å². The van der Waals surface area contributed by atoms with Crippen LogP contribution in [0, 0.1) is 38.2 Å². The van der Waals surface area contributed by atoms with Crippen LogP contribution < -0.4 is 14.8 Å². The zero-order chi connectivity index (χ0) is 36.8. The first-order valence-corrected chi connectivity index (χ1v) is 18.6. The van der Waals surface area contributed by atoms with Gasteiger partial charge in [-0.3, -0.25) is 9.89 Å². The molecule has 5 unspecified atom stereocenters. The van der Waals surface area contributed by atoms with E-state index >= 15 is 0 Å². The topological polar surface area (TPSA) is 132 Å². The van der Waals surface area contributed by atoms with E-state index in [2.05, 4.69) is 42.1 Å². The van der Waals surface area contributed by atoms with E-state index in [1.807, 2.05) is 46.8 Å². The molecule has 0 bridgehead atoms. The highest BCUT2D eigenvalue weighted by molar-refractivity contribution is 6.05. The summed E-state index contributed by atoms with van der Waals surface area (Å²) in [6, 6.07) is 5.98. The maximum absolute atomic E-state index is 14.1. The average molecular weight is 701 g/mol. The molecule has 3 heterocycles. The molecular weight excluding hydrogens is 648 g/mol. The molecule has 12 heteroatoms. The van der Waals surface area contributed by atoms with Crippen LogP contribution in [0.25, 0.3) is 10.5 Å². The van der Waals surface area contributed by atoms with Crippen molar-refractivity contribution < 1.29 is 28.6 Å². The van der Waals surface area contributed by atoms with Gasteiger partial charge in [-0.1, -0.05) is 51.8 Å². The minimum atomic E-state index is -1.05. The van der Waals surface area contributed by atoms with Gasteiger partial charge in [0.05, 0.1) is 12.1 Å². The van der Waals surface area contributed by atoms with Crippen molar-refractivity contribution in [1.82, 2.24) is 24.8 Å². The van der Waals surface area contributed by atoms with Crippen LogP contribution in [0.3, 0.4) is 0 Å². The van der Waals surface area contributed by atoms with Crippen molar-refractivity contribution in [3.05, 3.63) is 52.1 Å². The van der Waals surface area contributed by atoms with Crippen molar-refractivity contribution >= 4 is 29.3 Å². The van der Waals surface area contributed by atoms with E-state index in [4.69, 9.17) is 25.8 Å². The van der Waals surface area contributed by atoms with Crippen LogP contribution in [0.15, 0.2) is 18.2 Å². The maximum atomic E-state index is 14.1. The van der Waals surface area contributed by atoms with Crippen LogP contribution in [0.5, 0.6) is 11.6 Å². The summed E-state index contributed by atoms with van der Waals surface area (Å²) in [5, 5.41) is 6.55. The lowest BCUT2D eigenvalue weighted by Crippen LogP contribution is -2.84. The molecule has 2 N–H and O–H groups in total. The molecule has 3 aromatic rings. The second kappa shape index (κ2) is 13.9. The maximum Gasteiger partial charge on any atom is 0.415 e. The molecule has 3 aliphatic rings. The fourth-order valence-corrected chi connectivity index (χ4v) is 9.18. The van der Waals surface area contributed by atoms with E-state index in [0.717, 1.165) is 43.2 Å². The van der Waals surface area contributed by atoms with E-state index in [1.165, 1.54) is 9.42 Å². The summed E-state index contributed by atoms with van der Waals surface area (Å²) in [5.74, 6) is 1.06. The van der Waals surface area contributed by atoms with Gasteiger partial charge in [-0.25, -0.2) is 23.9 Å². The predicted molar refractivity (Wildman–Crippen MR) is 192 cm³/mol. The lowest BCUT2D eigenvalue weighted by Gasteiger charge is -2.60. The van der Waals surface area contributed by atoms with Crippen molar-refractivity contribution in [3.8, 4) is 11.6 Å². The third-order valence-electron chi connectivity index (χ3n) is 11.7. The lowest BCUT2D eigenvalue weighted by molar-refractivity contribution is -0.176. The van der Waals surface area contributed by atoms with E-state index in [0.29, 0.717) is 43.4 Å². The molecule has 2 aliphatic carbocycles. The van der Waals surface area contributed by atoms with Crippen LogP contribution in [-0.2, 0) is 9.53 Å². The fraction of sp³-hybridized carbons (Fsp3) is 0.615. The number of β-lactam (4-membered cyclic amide) rings is 1. The largest absolute Gasteiger partial charge is 0.475 e. The average Bonchev–Trinajstić information content (AvgIpc) is 3.64. The minimum absolute atomic E-state index is 0.0172. The Bertz CT molecular complexity index is 1860. The number of rotatable bonds is 9. The third-order valence-corrected chi connectivity index (χ3v) is 11.7. The Hall–Kier alpha value is -4.53. The number of hydrogen-bond donors (Lipinski definition) is 2. The molecule has 6 rings (SSSR count). The molecule has 1 aliphatic heterocycles. The molecular formula is C39H52N6O6. The van der Waals surface area contributed by atoms with Gasteiger partial charge in [0.15, 0.2) is 5.65 Å². The second-order valence-corrected chi connectivity index (χ2v) is 15.2. The molecule has 51 heavy (non-hydrogen) atoms. The number of nitrogens with one attached hydrogen (secondary N) is 2. The number of amides is 2. The summed E-state index contributed by atoms with van der Waals surface area (Å²) in [5.41, 5.74) is 0.450. The zero-order valence-electron chi connectivity index (χ0n) is 31.2. The molecule has 1 saturated heterocycles. The summed E-state index contributed by atoms with van der Waals surface area (Å²) in [4.78, 5) is 51.0. The smallest absolute Gasteiger partial charge is 0.415 e. The van der Waals surface area contributed by atoms with E-state index in [1.54, 1.807) is 0 Å². The first-order valence-electron chi connectivity index (χ1n) is 18.6. The van der Waals surface area contributed by atoms with E-state index < -0.39 is 23.2 Å². The molecule has 2 saturated carbocycles. The van der Waals surface area contributed by atoms with Gasteiger partial charge in [-0.05, 0) is 95.6 Å². The highest BCUT2D eigenvalue weighted by atomic mass is 16.6. The summed E-state index contributed by atoms with van der Waals surface area (Å²) in [6.45, 7) is 25.0. The summed E-state index contributed by atoms with van der Waals surface area (Å²) >= 11 is 0. The van der Waals surface area contributed by atoms with Crippen LogP contribution in [-0.4, -0.2) is 67.8 Å². The van der Waals surface area contributed by atoms with Crippen molar-refractivity contribution in [2.75, 3.05) is 13.1 Å². The SMILES string of the molecule is [C-]#[N+]c1c(C(=O)OC2C(C)CC(C)CC2C)c2nc(C3CCCC4(C3)NC(=O)C4(CC)Oc3ccc(C)cc3C)[nH]n2c1OC(=O)N(CC)CC. The number of aryl methyl sites for hydroxylation is 2. The van der Waals surface area contributed by atoms with Gasteiger partial charge in [-0.15, -0.1) is 0 Å². The molecule has 2 aromatic heterocycles. The first-order chi connectivity index (χ1) is 24.3.